The lowest BCUT2D eigenvalue weighted by Gasteiger charge is -2.30. The standard InChI is InChI=1S/C22H22N5O7P/c1-24-13-23-21-14(22(24)28)3-2-4-18(21)33-20-11-15-17(5-10-32-19(15)12-16(20)27(29)30)34-35(31,25-6-7-25)26-8-9-26/h2-4,11-13,17H,5-10H2,1H3. The van der Waals surface area contributed by atoms with Gasteiger partial charge in [0.05, 0.1) is 35.4 Å². The number of para-hydroxylation sites is 1. The Morgan fingerprint density at radius 3 is 2.60 bits per heavy atom. The van der Waals surface area contributed by atoms with Gasteiger partial charge in [0, 0.05) is 45.2 Å². The molecule has 3 aliphatic rings. The summed E-state index contributed by atoms with van der Waals surface area (Å²) in [5.74, 6) is 0.459. The van der Waals surface area contributed by atoms with Crippen molar-refractivity contribution in [2.75, 3.05) is 32.8 Å². The molecular formula is C22H22N5O7P. The molecular weight excluding hydrogens is 477 g/mol. The molecule has 35 heavy (non-hydrogen) atoms. The Bertz CT molecular complexity index is 1450. The zero-order valence-corrected chi connectivity index (χ0v) is 19.7. The van der Waals surface area contributed by atoms with E-state index in [4.69, 9.17) is 14.0 Å². The fraction of sp³-hybridized carbons (Fsp3) is 0.364. The van der Waals surface area contributed by atoms with Gasteiger partial charge < -0.3 is 14.0 Å². The van der Waals surface area contributed by atoms with Gasteiger partial charge in [-0.25, -0.2) is 14.3 Å². The summed E-state index contributed by atoms with van der Waals surface area (Å²) in [6.07, 6.45) is 1.24. The van der Waals surface area contributed by atoms with Gasteiger partial charge in [0.2, 0.25) is 5.75 Å². The van der Waals surface area contributed by atoms with Gasteiger partial charge in [-0.15, -0.1) is 0 Å². The number of aryl methyl sites for hydroxylation is 1. The van der Waals surface area contributed by atoms with Crippen LogP contribution in [0, 0.1) is 10.1 Å². The van der Waals surface area contributed by atoms with E-state index in [-0.39, 0.29) is 29.4 Å². The maximum Gasteiger partial charge on any atom is 0.346 e. The molecule has 2 saturated heterocycles. The number of aromatic nitrogens is 2. The third kappa shape index (κ3) is 3.88. The Morgan fingerprint density at radius 2 is 1.91 bits per heavy atom. The Hall–Kier alpha value is -3.31. The molecule has 4 heterocycles. The molecule has 2 fully saturated rings. The van der Waals surface area contributed by atoms with Crippen molar-refractivity contribution >= 4 is 24.3 Å². The highest BCUT2D eigenvalue weighted by Crippen LogP contribution is 2.64. The third-order valence-corrected chi connectivity index (χ3v) is 8.99. The first-order chi connectivity index (χ1) is 16.8. The molecule has 0 N–H and O–H groups in total. The molecule has 0 saturated carbocycles. The SMILES string of the molecule is Cn1cnc2c(Oc3cc4c(cc3[N+](=O)[O-])OCCC4OP(=O)(N3CC3)N3CC3)cccc2c1=O. The number of nitro benzene ring substituents is 1. The molecule has 3 aromatic rings. The Morgan fingerprint density at radius 1 is 1.17 bits per heavy atom. The maximum atomic E-state index is 13.6. The number of hydrogen-bond acceptors (Lipinski definition) is 8. The summed E-state index contributed by atoms with van der Waals surface area (Å²) >= 11 is 0. The highest BCUT2D eigenvalue weighted by Gasteiger charge is 2.51. The molecule has 6 rings (SSSR count). The molecule has 0 spiro atoms. The number of nitrogens with zero attached hydrogens (tertiary/aromatic N) is 5. The molecule has 182 valence electrons. The van der Waals surface area contributed by atoms with Crippen molar-refractivity contribution in [3.8, 4) is 17.2 Å². The van der Waals surface area contributed by atoms with Crippen LogP contribution in [0.3, 0.4) is 0 Å². The Labute approximate surface area is 199 Å². The van der Waals surface area contributed by atoms with E-state index < -0.39 is 18.7 Å². The summed E-state index contributed by atoms with van der Waals surface area (Å²) in [6.45, 7) is 3.14. The molecule has 1 atom stereocenters. The van der Waals surface area contributed by atoms with Crippen molar-refractivity contribution in [1.82, 2.24) is 18.9 Å². The smallest absolute Gasteiger partial charge is 0.346 e. The van der Waals surface area contributed by atoms with Gasteiger partial charge in [-0.1, -0.05) is 6.07 Å². The summed E-state index contributed by atoms with van der Waals surface area (Å²) in [7, 11) is -1.54. The Balaban J connectivity index is 1.41. The van der Waals surface area contributed by atoms with Crippen molar-refractivity contribution in [1.29, 1.82) is 0 Å². The van der Waals surface area contributed by atoms with Crippen LogP contribution in [0.15, 0.2) is 41.5 Å². The van der Waals surface area contributed by atoms with Gasteiger partial charge in [-0.3, -0.25) is 24.0 Å². The van der Waals surface area contributed by atoms with Gasteiger partial charge in [0.25, 0.3) is 5.56 Å². The second-order valence-electron chi connectivity index (χ2n) is 8.66. The minimum absolute atomic E-state index is 0.0453. The van der Waals surface area contributed by atoms with Crippen LogP contribution >= 0.6 is 7.67 Å². The number of benzene rings is 2. The zero-order chi connectivity index (χ0) is 24.3. The molecule has 0 bridgehead atoms. The molecule has 13 heteroatoms. The zero-order valence-electron chi connectivity index (χ0n) is 18.8. The molecule has 3 aliphatic heterocycles. The lowest BCUT2D eigenvalue weighted by molar-refractivity contribution is -0.385. The van der Waals surface area contributed by atoms with E-state index in [2.05, 4.69) is 4.98 Å². The minimum Gasteiger partial charge on any atom is -0.493 e. The fourth-order valence-electron chi connectivity index (χ4n) is 4.20. The van der Waals surface area contributed by atoms with Gasteiger partial charge in [-0.2, -0.15) is 0 Å². The average molecular weight is 499 g/mol. The molecule has 1 unspecified atom stereocenters. The van der Waals surface area contributed by atoms with Crippen molar-refractivity contribution < 1.29 is 23.5 Å². The molecule has 0 amide bonds. The fourth-order valence-corrected chi connectivity index (χ4v) is 6.56. The van der Waals surface area contributed by atoms with Crippen LogP contribution in [0.5, 0.6) is 17.2 Å². The van der Waals surface area contributed by atoms with E-state index in [1.807, 2.05) is 9.34 Å². The Kier molecular flexibility index (Phi) is 5.15. The highest BCUT2D eigenvalue weighted by atomic mass is 31.2. The van der Waals surface area contributed by atoms with Crippen LogP contribution in [0.4, 0.5) is 5.69 Å². The summed E-state index contributed by atoms with van der Waals surface area (Å²) in [5, 5.41) is 12.2. The number of ether oxygens (including phenoxy) is 2. The van der Waals surface area contributed by atoms with Crippen LogP contribution in [-0.4, -0.2) is 56.6 Å². The molecule has 2 aromatic carbocycles. The van der Waals surface area contributed by atoms with Gasteiger partial charge in [-0.05, 0) is 18.2 Å². The van der Waals surface area contributed by atoms with Gasteiger partial charge >= 0.3 is 13.4 Å². The van der Waals surface area contributed by atoms with E-state index in [9.17, 15) is 19.5 Å². The van der Waals surface area contributed by atoms with Crippen LogP contribution < -0.4 is 15.0 Å². The number of rotatable bonds is 7. The van der Waals surface area contributed by atoms with Gasteiger partial charge in [0.15, 0.2) is 5.75 Å². The topological polar surface area (TPSA) is 129 Å². The first-order valence-corrected chi connectivity index (χ1v) is 12.7. The van der Waals surface area contributed by atoms with E-state index >= 15 is 0 Å². The van der Waals surface area contributed by atoms with Crippen molar-refractivity contribution in [2.24, 2.45) is 7.05 Å². The monoisotopic (exact) mass is 499 g/mol. The van der Waals surface area contributed by atoms with Crippen molar-refractivity contribution in [3.05, 3.63) is 62.7 Å². The van der Waals surface area contributed by atoms with E-state index in [0.29, 0.717) is 54.8 Å². The molecule has 0 aliphatic carbocycles. The van der Waals surface area contributed by atoms with Crippen LogP contribution in [0.2, 0.25) is 0 Å². The second kappa shape index (κ2) is 8.13. The predicted molar refractivity (Wildman–Crippen MR) is 125 cm³/mol. The highest BCUT2D eigenvalue weighted by molar-refractivity contribution is 7.54. The van der Waals surface area contributed by atoms with Crippen LogP contribution in [-0.2, 0) is 16.1 Å². The van der Waals surface area contributed by atoms with E-state index in [1.54, 1.807) is 25.2 Å². The number of hydrogen-bond donors (Lipinski definition) is 0. The van der Waals surface area contributed by atoms with Crippen molar-refractivity contribution in [3.63, 3.8) is 0 Å². The lowest BCUT2D eigenvalue weighted by Crippen LogP contribution is -2.19. The summed E-state index contributed by atoms with van der Waals surface area (Å²) < 4.78 is 36.5. The van der Waals surface area contributed by atoms with Gasteiger partial charge in [0.1, 0.15) is 11.3 Å². The summed E-state index contributed by atoms with van der Waals surface area (Å²) in [4.78, 5) is 28.1. The number of fused-ring (bicyclic) bond motifs is 2. The summed E-state index contributed by atoms with van der Waals surface area (Å²) in [5.41, 5.74) is 0.262. The van der Waals surface area contributed by atoms with Crippen LogP contribution in [0.25, 0.3) is 10.9 Å². The first-order valence-electron chi connectivity index (χ1n) is 11.2. The maximum absolute atomic E-state index is 13.6. The molecule has 0 radical (unpaired) electrons. The third-order valence-electron chi connectivity index (χ3n) is 6.23. The largest absolute Gasteiger partial charge is 0.493 e. The lowest BCUT2D eigenvalue weighted by atomic mass is 10.0. The normalized spacial score (nSPS) is 19.7. The molecule has 12 nitrogen and oxygen atoms in total. The van der Waals surface area contributed by atoms with E-state index in [0.717, 1.165) is 0 Å². The number of nitro groups is 1. The minimum atomic E-state index is -3.13. The predicted octanol–water partition coefficient (Wildman–Crippen LogP) is 3.21. The van der Waals surface area contributed by atoms with Crippen LogP contribution in [0.1, 0.15) is 18.1 Å². The van der Waals surface area contributed by atoms with E-state index in [1.165, 1.54) is 23.0 Å². The average Bonchev–Trinajstić information content (AvgIpc) is 3.74. The first kappa shape index (κ1) is 22.2. The van der Waals surface area contributed by atoms with Crippen molar-refractivity contribution in [2.45, 2.75) is 12.5 Å². The quantitative estimate of drug-likeness (QED) is 0.207. The second-order valence-corrected chi connectivity index (χ2v) is 11.0. The molecule has 1 aromatic heterocycles. The summed E-state index contributed by atoms with van der Waals surface area (Å²) in [6, 6.07) is 7.65.